The molecule has 0 amide bonds. The Balaban J connectivity index is 0.00000259. The van der Waals surface area contributed by atoms with Gasteiger partial charge in [-0.15, -0.1) is 0 Å². The van der Waals surface area contributed by atoms with E-state index in [1.54, 1.807) is 11.8 Å². The van der Waals surface area contributed by atoms with E-state index in [2.05, 4.69) is 44.3 Å². The first-order chi connectivity index (χ1) is 15.5. The number of aromatic nitrogens is 4. The quantitative estimate of drug-likeness (QED) is 0.623. The molecule has 178 valence electrons. The van der Waals surface area contributed by atoms with Crippen LogP contribution in [-0.2, 0) is 4.74 Å². The maximum Gasteiger partial charge on any atom is 0.320 e. The monoisotopic (exact) mass is 474 g/mol. The van der Waals surface area contributed by atoms with Crippen LogP contribution in [0.25, 0.3) is 16.7 Å². The van der Waals surface area contributed by atoms with Gasteiger partial charge in [-0.25, -0.2) is 9.07 Å². The molecule has 2 aliphatic rings. The number of nitrogens with one attached hydrogen (secondary N) is 1. The van der Waals surface area contributed by atoms with Crippen LogP contribution in [0.3, 0.4) is 0 Å². The van der Waals surface area contributed by atoms with Crippen LogP contribution in [0.5, 0.6) is 6.01 Å². The van der Waals surface area contributed by atoms with Crippen molar-refractivity contribution in [3.63, 3.8) is 0 Å². The van der Waals surface area contributed by atoms with Gasteiger partial charge in [0.15, 0.2) is 5.82 Å². The summed E-state index contributed by atoms with van der Waals surface area (Å²) in [5.74, 6) is 1.28. The lowest BCUT2D eigenvalue weighted by Crippen LogP contribution is -2.44. The van der Waals surface area contributed by atoms with E-state index in [0.29, 0.717) is 25.6 Å². The van der Waals surface area contributed by atoms with Crippen LogP contribution < -0.4 is 15.0 Å². The zero-order valence-corrected chi connectivity index (χ0v) is 20.2. The molecular formula is C23H31FN6O2S. The fourth-order valence-corrected chi connectivity index (χ4v) is 4.77. The summed E-state index contributed by atoms with van der Waals surface area (Å²) in [4.78, 5) is 11.3. The maximum atomic E-state index is 14.7. The van der Waals surface area contributed by atoms with E-state index in [4.69, 9.17) is 9.47 Å². The Kier molecular flexibility index (Phi) is 7.06. The highest BCUT2D eigenvalue weighted by Gasteiger charge is 2.28. The standard InChI is InChI=1S/C23H29FN6O2.H2S/c1-14-8-16-11-26-30(20(16)9-18(14)17-4-5-25-12-19(17)24)22-10-21(27-23(28-22)31-3)29-6-7-32-13-15(29)2;/h8-11,15,17,19,25H,4-7,12-13H2,1-3H3;1H2/t15-,17?,19?;/m0./s1. The number of aryl methyl sites for hydroxylation is 1. The minimum absolute atomic E-state index is 0. The summed E-state index contributed by atoms with van der Waals surface area (Å²) in [6.45, 7) is 7.43. The van der Waals surface area contributed by atoms with Gasteiger partial charge in [-0.1, -0.05) is 0 Å². The summed E-state index contributed by atoms with van der Waals surface area (Å²) in [5.41, 5.74) is 3.03. The van der Waals surface area contributed by atoms with Crippen molar-refractivity contribution in [1.82, 2.24) is 25.1 Å². The van der Waals surface area contributed by atoms with E-state index in [-0.39, 0.29) is 31.5 Å². The number of anilines is 1. The van der Waals surface area contributed by atoms with Gasteiger partial charge in [-0.05, 0) is 50.1 Å². The Bertz CT molecular complexity index is 1130. The molecule has 3 aromatic rings. The summed E-state index contributed by atoms with van der Waals surface area (Å²) in [7, 11) is 1.56. The molecule has 0 aliphatic carbocycles. The minimum atomic E-state index is -0.898. The van der Waals surface area contributed by atoms with E-state index in [1.807, 2.05) is 19.2 Å². The number of alkyl halides is 1. The van der Waals surface area contributed by atoms with Gasteiger partial charge < -0.3 is 19.7 Å². The highest BCUT2D eigenvalue weighted by atomic mass is 32.1. The van der Waals surface area contributed by atoms with Crippen LogP contribution in [0.4, 0.5) is 10.2 Å². The van der Waals surface area contributed by atoms with E-state index in [0.717, 1.165) is 47.4 Å². The van der Waals surface area contributed by atoms with Crippen LogP contribution in [-0.4, -0.2) is 71.9 Å². The molecule has 2 aliphatic heterocycles. The predicted octanol–water partition coefficient (Wildman–Crippen LogP) is 2.89. The molecule has 2 fully saturated rings. The van der Waals surface area contributed by atoms with Crippen molar-refractivity contribution in [3.8, 4) is 11.8 Å². The molecular weight excluding hydrogens is 443 g/mol. The Labute approximate surface area is 199 Å². The van der Waals surface area contributed by atoms with Gasteiger partial charge in [0.25, 0.3) is 0 Å². The molecule has 0 radical (unpaired) electrons. The first-order valence-corrected chi connectivity index (χ1v) is 11.2. The fraction of sp³-hybridized carbons (Fsp3) is 0.522. The largest absolute Gasteiger partial charge is 0.467 e. The molecule has 33 heavy (non-hydrogen) atoms. The Morgan fingerprint density at radius 3 is 2.79 bits per heavy atom. The lowest BCUT2D eigenvalue weighted by Gasteiger charge is -2.34. The van der Waals surface area contributed by atoms with Crippen molar-refractivity contribution in [2.75, 3.05) is 44.9 Å². The predicted molar refractivity (Wildman–Crippen MR) is 131 cm³/mol. The third kappa shape index (κ3) is 4.51. The normalized spacial score (nSPS) is 23.4. The van der Waals surface area contributed by atoms with Crippen molar-refractivity contribution < 1.29 is 13.9 Å². The molecule has 0 bridgehead atoms. The number of morpholine rings is 1. The average Bonchev–Trinajstić information content (AvgIpc) is 3.21. The lowest BCUT2D eigenvalue weighted by molar-refractivity contribution is 0.0984. The highest BCUT2D eigenvalue weighted by Crippen LogP contribution is 2.33. The molecule has 5 rings (SSSR count). The topological polar surface area (TPSA) is 77.3 Å². The van der Waals surface area contributed by atoms with Crippen LogP contribution in [0.2, 0.25) is 0 Å². The second kappa shape index (κ2) is 9.82. The zero-order chi connectivity index (χ0) is 22.2. The first-order valence-electron chi connectivity index (χ1n) is 11.2. The van der Waals surface area contributed by atoms with Gasteiger partial charge in [0.2, 0.25) is 0 Å². The SMILES string of the molecule is COc1nc(N2CCOC[C@@H]2C)cc(-n2ncc3cc(C)c(C4CCNCC4F)cc32)n1.S. The lowest BCUT2D eigenvalue weighted by atomic mass is 9.85. The van der Waals surface area contributed by atoms with E-state index in [9.17, 15) is 4.39 Å². The van der Waals surface area contributed by atoms with Gasteiger partial charge in [0, 0.05) is 30.5 Å². The average molecular weight is 475 g/mol. The van der Waals surface area contributed by atoms with Crippen LogP contribution in [0.15, 0.2) is 24.4 Å². The Morgan fingerprint density at radius 2 is 2.03 bits per heavy atom. The molecule has 3 atom stereocenters. The number of rotatable bonds is 4. The number of benzene rings is 1. The number of methoxy groups -OCH3 is 1. The molecule has 1 aromatic carbocycles. The minimum Gasteiger partial charge on any atom is -0.467 e. The van der Waals surface area contributed by atoms with Crippen molar-refractivity contribution in [3.05, 3.63) is 35.5 Å². The summed E-state index contributed by atoms with van der Waals surface area (Å²) < 4.78 is 27.5. The molecule has 2 saturated heterocycles. The fourth-order valence-electron chi connectivity index (χ4n) is 4.77. The first kappa shape index (κ1) is 23.7. The van der Waals surface area contributed by atoms with Crippen molar-refractivity contribution in [1.29, 1.82) is 0 Å². The maximum absolute atomic E-state index is 14.7. The second-order valence-corrected chi connectivity index (χ2v) is 8.63. The number of nitrogens with zero attached hydrogens (tertiary/aromatic N) is 5. The third-order valence-electron chi connectivity index (χ3n) is 6.50. The molecule has 1 N–H and O–H groups in total. The smallest absolute Gasteiger partial charge is 0.320 e. The Morgan fingerprint density at radius 1 is 1.21 bits per heavy atom. The van der Waals surface area contributed by atoms with Crippen molar-refractivity contribution in [2.24, 2.45) is 0 Å². The number of fused-ring (bicyclic) bond motifs is 1. The van der Waals surface area contributed by atoms with Crippen LogP contribution >= 0.6 is 13.5 Å². The van der Waals surface area contributed by atoms with Crippen molar-refractivity contribution in [2.45, 2.75) is 38.4 Å². The highest BCUT2D eigenvalue weighted by molar-refractivity contribution is 7.59. The van der Waals surface area contributed by atoms with E-state index in [1.165, 1.54) is 0 Å². The number of ether oxygens (including phenoxy) is 2. The third-order valence-corrected chi connectivity index (χ3v) is 6.50. The van der Waals surface area contributed by atoms with Gasteiger partial charge in [-0.2, -0.15) is 28.6 Å². The summed E-state index contributed by atoms with van der Waals surface area (Å²) >= 11 is 0. The van der Waals surface area contributed by atoms with Gasteiger partial charge >= 0.3 is 6.01 Å². The van der Waals surface area contributed by atoms with Gasteiger partial charge in [0.1, 0.15) is 12.0 Å². The molecule has 2 unspecified atom stereocenters. The summed E-state index contributed by atoms with van der Waals surface area (Å²) in [6.07, 6.45) is 1.71. The van der Waals surface area contributed by atoms with E-state index < -0.39 is 6.17 Å². The second-order valence-electron chi connectivity index (χ2n) is 8.63. The number of halogens is 1. The molecule has 10 heteroatoms. The molecule has 2 aromatic heterocycles. The molecule has 0 saturated carbocycles. The Hall–Kier alpha value is -2.43. The molecule has 8 nitrogen and oxygen atoms in total. The van der Waals surface area contributed by atoms with Crippen LogP contribution in [0.1, 0.15) is 30.4 Å². The van der Waals surface area contributed by atoms with Gasteiger partial charge in [-0.3, -0.25) is 0 Å². The molecule has 4 heterocycles. The van der Waals surface area contributed by atoms with Crippen molar-refractivity contribution >= 4 is 30.2 Å². The van der Waals surface area contributed by atoms with Crippen LogP contribution in [0, 0.1) is 6.92 Å². The number of hydrogen-bond donors (Lipinski definition) is 1. The van der Waals surface area contributed by atoms with E-state index >= 15 is 0 Å². The summed E-state index contributed by atoms with van der Waals surface area (Å²) in [5, 5.41) is 8.75. The summed E-state index contributed by atoms with van der Waals surface area (Å²) in [6, 6.07) is 6.58. The number of piperidine rings is 1. The zero-order valence-electron chi connectivity index (χ0n) is 19.2. The van der Waals surface area contributed by atoms with Gasteiger partial charge in [0.05, 0.1) is 38.1 Å². The number of hydrogen-bond acceptors (Lipinski definition) is 7. The molecule has 0 spiro atoms.